The predicted molar refractivity (Wildman–Crippen MR) is 121 cm³/mol. The molecule has 3 aromatic carbocycles. The van der Waals surface area contributed by atoms with Gasteiger partial charge in [-0.3, -0.25) is 0 Å². The second-order valence-electron chi connectivity index (χ2n) is 7.18. The van der Waals surface area contributed by atoms with Gasteiger partial charge in [-0.1, -0.05) is 36.4 Å². The van der Waals surface area contributed by atoms with Crippen LogP contribution in [0.1, 0.15) is 24.2 Å². The van der Waals surface area contributed by atoms with Crippen LogP contribution >= 0.6 is 11.9 Å². The number of hydrogen-bond donors (Lipinski definition) is 1. The van der Waals surface area contributed by atoms with Crippen LogP contribution < -0.4 is 9.64 Å². The van der Waals surface area contributed by atoms with Crippen molar-refractivity contribution >= 4 is 28.4 Å². The van der Waals surface area contributed by atoms with Gasteiger partial charge in [-0.05, 0) is 47.0 Å². The second kappa shape index (κ2) is 9.76. The van der Waals surface area contributed by atoms with Gasteiger partial charge in [0.2, 0.25) is 0 Å². The van der Waals surface area contributed by atoms with Crippen LogP contribution in [0.25, 0.3) is 10.8 Å². The molecule has 3 rings (SSSR count). The first kappa shape index (κ1) is 21.1. The van der Waals surface area contributed by atoms with Gasteiger partial charge in [-0.25, -0.2) is 0 Å². The van der Waals surface area contributed by atoms with E-state index < -0.39 is 0 Å². The molecule has 3 aromatic rings. The van der Waals surface area contributed by atoms with E-state index in [-0.39, 0.29) is 11.4 Å². The van der Waals surface area contributed by atoms with Crippen LogP contribution in [0.5, 0.6) is 5.75 Å². The van der Waals surface area contributed by atoms with E-state index in [0.717, 1.165) is 22.6 Å². The minimum absolute atomic E-state index is 0.0169. The van der Waals surface area contributed by atoms with Crippen molar-refractivity contribution in [3.8, 4) is 5.75 Å². The molecule has 0 spiro atoms. The Balaban J connectivity index is 1.85. The van der Waals surface area contributed by atoms with Crippen LogP contribution in [-0.4, -0.2) is 26.5 Å². The van der Waals surface area contributed by atoms with E-state index in [1.54, 1.807) is 7.11 Å². The smallest absolute Gasteiger partial charge is 0.122 e. The topological polar surface area (TPSA) is 57.9 Å². The Morgan fingerprint density at radius 2 is 1.79 bits per heavy atom. The third kappa shape index (κ3) is 5.28. The molecule has 0 aliphatic rings. The monoisotopic (exact) mass is 409 g/mol. The van der Waals surface area contributed by atoms with E-state index in [0.29, 0.717) is 6.61 Å². The summed E-state index contributed by atoms with van der Waals surface area (Å²) in [6.07, 6.45) is -0.183. The minimum Gasteiger partial charge on any atom is -0.489 e. The van der Waals surface area contributed by atoms with Gasteiger partial charge in [0.25, 0.3) is 0 Å². The summed E-state index contributed by atoms with van der Waals surface area (Å²) in [5.74, 6) is 0.793. The molecule has 2 unspecified atom stereocenters. The van der Waals surface area contributed by atoms with Crippen molar-refractivity contribution in [1.29, 1.82) is 5.53 Å². The first-order valence-corrected chi connectivity index (χ1v) is 10.3. The zero-order valence-electron chi connectivity index (χ0n) is 17.3. The van der Waals surface area contributed by atoms with Crippen LogP contribution in [0.3, 0.4) is 0 Å². The zero-order chi connectivity index (χ0) is 20.8. The molecule has 0 heterocycles. The third-order valence-electron chi connectivity index (χ3n) is 4.88. The van der Waals surface area contributed by atoms with Crippen LogP contribution in [0.2, 0.25) is 0 Å². The molecule has 0 aromatic heterocycles. The summed E-state index contributed by atoms with van der Waals surface area (Å²) in [5.41, 5.74) is 10.3. The summed E-state index contributed by atoms with van der Waals surface area (Å²) >= 11 is 1.20. The van der Waals surface area contributed by atoms with E-state index in [1.807, 2.05) is 50.2 Å². The molecule has 29 heavy (non-hydrogen) atoms. The fourth-order valence-electron chi connectivity index (χ4n) is 3.34. The highest BCUT2D eigenvalue weighted by molar-refractivity contribution is 7.98. The molecule has 5 nitrogen and oxygen atoms in total. The number of benzene rings is 3. The SMILES string of the molecule is COC(c1cc(OCc2ccc3ccccc3c2)cc(N(C)C)c1)C(C)SN=N. The Kier molecular flexibility index (Phi) is 7.12. The van der Waals surface area contributed by atoms with Crippen LogP contribution in [0.4, 0.5) is 5.69 Å². The predicted octanol–water partition coefficient (Wildman–Crippen LogP) is 6.24. The fourth-order valence-corrected chi connectivity index (χ4v) is 3.89. The van der Waals surface area contributed by atoms with E-state index in [2.05, 4.69) is 40.9 Å². The maximum atomic E-state index is 7.13. The molecule has 0 aliphatic heterocycles. The van der Waals surface area contributed by atoms with Crippen LogP contribution in [0, 0.1) is 5.53 Å². The van der Waals surface area contributed by atoms with Crippen molar-refractivity contribution < 1.29 is 9.47 Å². The molecular formula is C23H27N3O2S. The summed E-state index contributed by atoms with van der Waals surface area (Å²) in [4.78, 5) is 2.05. The molecule has 0 radical (unpaired) electrons. The Labute approximate surface area is 176 Å². The molecule has 6 heteroatoms. The lowest BCUT2D eigenvalue weighted by Gasteiger charge is -2.23. The number of hydrogen-bond acceptors (Lipinski definition) is 6. The van der Waals surface area contributed by atoms with Gasteiger partial charge < -0.3 is 14.4 Å². The highest BCUT2D eigenvalue weighted by Gasteiger charge is 2.21. The summed E-state index contributed by atoms with van der Waals surface area (Å²) in [6.45, 7) is 2.50. The number of fused-ring (bicyclic) bond motifs is 1. The van der Waals surface area contributed by atoms with Crippen LogP contribution in [-0.2, 0) is 11.3 Å². The molecule has 0 fully saturated rings. The van der Waals surface area contributed by atoms with Gasteiger partial charge in [0.05, 0.1) is 11.4 Å². The molecule has 1 N–H and O–H groups in total. The number of methoxy groups -OCH3 is 1. The molecule has 0 aliphatic carbocycles. The van der Waals surface area contributed by atoms with E-state index in [1.165, 1.54) is 22.7 Å². The maximum Gasteiger partial charge on any atom is 0.122 e. The Morgan fingerprint density at radius 3 is 2.48 bits per heavy atom. The van der Waals surface area contributed by atoms with Gasteiger partial charge in [0.1, 0.15) is 12.4 Å². The van der Waals surface area contributed by atoms with Crippen molar-refractivity contribution in [2.45, 2.75) is 24.9 Å². The average molecular weight is 410 g/mol. The summed E-state index contributed by atoms with van der Waals surface area (Å²) in [7, 11) is 5.69. The lowest BCUT2D eigenvalue weighted by Crippen LogP contribution is -2.15. The molecule has 2 atom stereocenters. The quantitative estimate of drug-likeness (QED) is 0.336. The number of rotatable bonds is 9. The molecule has 0 amide bonds. The highest BCUT2D eigenvalue weighted by Crippen LogP contribution is 2.34. The average Bonchev–Trinajstić information content (AvgIpc) is 2.72. The fraction of sp³-hybridized carbons (Fsp3) is 0.304. The normalized spacial score (nSPS) is 13.1. The molecule has 0 saturated heterocycles. The number of ether oxygens (including phenoxy) is 2. The maximum absolute atomic E-state index is 7.13. The largest absolute Gasteiger partial charge is 0.489 e. The molecular weight excluding hydrogens is 382 g/mol. The second-order valence-corrected chi connectivity index (χ2v) is 8.32. The van der Waals surface area contributed by atoms with Crippen molar-refractivity contribution in [2.75, 3.05) is 26.1 Å². The third-order valence-corrected chi connectivity index (χ3v) is 5.56. The minimum atomic E-state index is -0.183. The van der Waals surface area contributed by atoms with Crippen molar-refractivity contribution in [2.24, 2.45) is 4.52 Å². The standard InChI is InChI=1S/C23H27N3O2S/c1-16(29-25-24)23(27-4)20-12-21(26(2)3)14-22(13-20)28-15-17-9-10-18-7-5-6-8-19(18)11-17/h5-14,16,23-24H,15H2,1-4H3. The zero-order valence-corrected chi connectivity index (χ0v) is 18.1. The lowest BCUT2D eigenvalue weighted by molar-refractivity contribution is 0.104. The van der Waals surface area contributed by atoms with Crippen molar-refractivity contribution in [3.05, 3.63) is 71.8 Å². The Hall–Kier alpha value is -2.57. The summed E-state index contributed by atoms with van der Waals surface area (Å²) < 4.78 is 15.3. The van der Waals surface area contributed by atoms with Crippen molar-refractivity contribution in [1.82, 2.24) is 0 Å². The van der Waals surface area contributed by atoms with E-state index >= 15 is 0 Å². The Morgan fingerprint density at radius 1 is 1.03 bits per heavy atom. The van der Waals surface area contributed by atoms with Gasteiger partial charge in [0, 0.05) is 44.9 Å². The first-order valence-electron chi connectivity index (χ1n) is 9.50. The molecule has 152 valence electrons. The summed E-state index contributed by atoms with van der Waals surface area (Å²) in [6, 6.07) is 20.9. The van der Waals surface area contributed by atoms with Crippen LogP contribution in [0.15, 0.2) is 65.2 Å². The number of anilines is 1. The van der Waals surface area contributed by atoms with E-state index in [9.17, 15) is 0 Å². The van der Waals surface area contributed by atoms with Gasteiger partial charge in [-0.15, -0.1) is 4.52 Å². The number of nitrogens with one attached hydrogen (secondary N) is 1. The molecule has 0 saturated carbocycles. The van der Waals surface area contributed by atoms with Gasteiger partial charge in [-0.2, -0.15) is 5.53 Å². The number of nitrogens with zero attached hydrogens (tertiary/aromatic N) is 2. The molecule has 0 bridgehead atoms. The first-order chi connectivity index (χ1) is 14.0. The lowest BCUT2D eigenvalue weighted by atomic mass is 10.0. The van der Waals surface area contributed by atoms with Gasteiger partial charge >= 0.3 is 0 Å². The van der Waals surface area contributed by atoms with Gasteiger partial charge in [0.15, 0.2) is 0 Å². The van der Waals surface area contributed by atoms with E-state index in [4.69, 9.17) is 15.0 Å². The summed E-state index contributed by atoms with van der Waals surface area (Å²) in [5, 5.41) is 2.45. The highest BCUT2D eigenvalue weighted by atomic mass is 32.2. The van der Waals surface area contributed by atoms with Crippen molar-refractivity contribution in [3.63, 3.8) is 0 Å². The Bertz CT molecular complexity index is 977.